The molecule has 0 fully saturated rings. The maximum Gasteiger partial charge on any atom is 0.340 e. The monoisotopic (exact) mass is 248 g/mol. The van der Waals surface area contributed by atoms with Gasteiger partial charge in [-0.15, -0.1) is 0 Å². The molecule has 0 spiro atoms. The molecule has 0 amide bonds. The number of aliphatic hydroxyl groups is 1. The summed E-state index contributed by atoms with van der Waals surface area (Å²) in [6.45, 7) is 0.773. The van der Waals surface area contributed by atoms with Crippen molar-refractivity contribution in [2.45, 2.75) is 19.3 Å². The van der Waals surface area contributed by atoms with Crippen LogP contribution in [0.2, 0.25) is 0 Å². The van der Waals surface area contributed by atoms with Crippen molar-refractivity contribution in [2.75, 3.05) is 13.2 Å². The number of tetrazole rings is 1. The van der Waals surface area contributed by atoms with Gasteiger partial charge in [0.05, 0.1) is 12.3 Å². The topological polar surface area (TPSA) is 73.1 Å². The second-order valence-electron chi connectivity index (χ2n) is 3.84. The highest BCUT2D eigenvalue weighted by molar-refractivity contribution is 5.31. The van der Waals surface area contributed by atoms with Gasteiger partial charge < -0.3 is 9.84 Å². The lowest BCUT2D eigenvalue weighted by molar-refractivity contribution is 0.254. The van der Waals surface area contributed by atoms with Crippen molar-refractivity contribution in [3.05, 3.63) is 30.3 Å². The molecule has 0 atom stereocenters. The van der Waals surface area contributed by atoms with Crippen molar-refractivity contribution in [2.24, 2.45) is 0 Å². The van der Waals surface area contributed by atoms with Crippen LogP contribution in [0.25, 0.3) is 5.69 Å². The summed E-state index contributed by atoms with van der Waals surface area (Å²) >= 11 is 0. The molecule has 0 saturated heterocycles. The molecule has 0 aliphatic carbocycles. The molecule has 1 heterocycles. The van der Waals surface area contributed by atoms with Crippen LogP contribution in [0.4, 0.5) is 0 Å². The van der Waals surface area contributed by atoms with Crippen LogP contribution in [0.15, 0.2) is 30.3 Å². The van der Waals surface area contributed by atoms with Crippen LogP contribution in [0.3, 0.4) is 0 Å². The minimum absolute atomic E-state index is 0.224. The van der Waals surface area contributed by atoms with Gasteiger partial charge in [-0.3, -0.25) is 0 Å². The number of para-hydroxylation sites is 1. The molecule has 0 radical (unpaired) electrons. The fourth-order valence-electron chi connectivity index (χ4n) is 1.55. The zero-order chi connectivity index (χ0) is 12.6. The first kappa shape index (κ1) is 12.5. The van der Waals surface area contributed by atoms with Crippen molar-refractivity contribution in [3.63, 3.8) is 0 Å². The number of hydrogen-bond donors (Lipinski definition) is 1. The van der Waals surface area contributed by atoms with E-state index in [0.29, 0.717) is 12.6 Å². The van der Waals surface area contributed by atoms with Gasteiger partial charge in [0.1, 0.15) is 0 Å². The quantitative estimate of drug-likeness (QED) is 0.745. The van der Waals surface area contributed by atoms with Gasteiger partial charge in [-0.2, -0.15) is 4.68 Å². The van der Waals surface area contributed by atoms with Crippen LogP contribution in [0.5, 0.6) is 6.01 Å². The number of aromatic nitrogens is 4. The summed E-state index contributed by atoms with van der Waals surface area (Å²) in [4.78, 5) is 0. The van der Waals surface area contributed by atoms with Crippen LogP contribution >= 0.6 is 0 Å². The van der Waals surface area contributed by atoms with Crippen LogP contribution in [-0.2, 0) is 0 Å². The van der Waals surface area contributed by atoms with Gasteiger partial charge in [-0.05, 0) is 41.8 Å². The van der Waals surface area contributed by atoms with E-state index >= 15 is 0 Å². The summed E-state index contributed by atoms with van der Waals surface area (Å²) < 4.78 is 7.08. The Hall–Kier alpha value is -1.95. The van der Waals surface area contributed by atoms with Crippen LogP contribution < -0.4 is 4.74 Å². The van der Waals surface area contributed by atoms with Gasteiger partial charge in [-0.25, -0.2) is 0 Å². The minimum Gasteiger partial charge on any atom is -0.462 e. The predicted octanol–water partition coefficient (Wildman–Crippen LogP) is 1.20. The molecular formula is C12H16N4O2. The Labute approximate surface area is 105 Å². The van der Waals surface area contributed by atoms with E-state index in [1.54, 1.807) is 4.68 Å². The Morgan fingerprint density at radius 1 is 1.11 bits per heavy atom. The van der Waals surface area contributed by atoms with E-state index in [2.05, 4.69) is 15.5 Å². The number of unbranched alkanes of at least 4 members (excludes halogenated alkanes) is 2. The molecular weight excluding hydrogens is 232 g/mol. The van der Waals surface area contributed by atoms with Gasteiger partial charge in [-0.1, -0.05) is 23.3 Å². The molecule has 0 aliphatic heterocycles. The average Bonchev–Trinajstić information content (AvgIpc) is 2.88. The number of nitrogens with zero attached hydrogens (tertiary/aromatic N) is 4. The lowest BCUT2D eigenvalue weighted by atomic mass is 10.2. The standard InChI is InChI=1S/C12H16N4O2/c17-9-5-2-6-10-18-12-13-14-15-16(12)11-7-3-1-4-8-11/h1,3-4,7-8,17H,2,5-6,9-10H2. The van der Waals surface area contributed by atoms with Crippen molar-refractivity contribution in [3.8, 4) is 11.7 Å². The second kappa shape index (κ2) is 6.70. The summed E-state index contributed by atoms with van der Waals surface area (Å²) in [5, 5.41) is 20.0. The van der Waals surface area contributed by atoms with Gasteiger partial charge in [0.2, 0.25) is 0 Å². The second-order valence-corrected chi connectivity index (χ2v) is 3.84. The molecule has 96 valence electrons. The third kappa shape index (κ3) is 3.27. The van der Waals surface area contributed by atoms with Gasteiger partial charge in [0, 0.05) is 6.61 Å². The molecule has 6 nitrogen and oxygen atoms in total. The highest BCUT2D eigenvalue weighted by atomic mass is 16.5. The molecule has 0 bridgehead atoms. The third-order valence-corrected chi connectivity index (χ3v) is 2.48. The normalized spacial score (nSPS) is 10.5. The number of ether oxygens (including phenoxy) is 1. The average molecular weight is 248 g/mol. The minimum atomic E-state index is 0.224. The highest BCUT2D eigenvalue weighted by Crippen LogP contribution is 2.12. The van der Waals surface area contributed by atoms with E-state index in [4.69, 9.17) is 9.84 Å². The molecule has 0 aliphatic rings. The fourth-order valence-corrected chi connectivity index (χ4v) is 1.55. The number of hydrogen-bond acceptors (Lipinski definition) is 5. The molecule has 1 aromatic heterocycles. The Balaban J connectivity index is 1.92. The summed E-state index contributed by atoms with van der Waals surface area (Å²) in [6, 6.07) is 9.99. The van der Waals surface area contributed by atoms with E-state index in [1.165, 1.54) is 0 Å². The van der Waals surface area contributed by atoms with Crippen LogP contribution in [0.1, 0.15) is 19.3 Å². The van der Waals surface area contributed by atoms with Crippen molar-refractivity contribution >= 4 is 0 Å². The first-order valence-corrected chi connectivity index (χ1v) is 5.99. The zero-order valence-electron chi connectivity index (χ0n) is 10.1. The zero-order valence-corrected chi connectivity index (χ0v) is 10.1. The molecule has 2 aromatic rings. The Bertz CT molecular complexity index is 458. The van der Waals surface area contributed by atoms with E-state index in [9.17, 15) is 0 Å². The van der Waals surface area contributed by atoms with Gasteiger partial charge in [0.25, 0.3) is 0 Å². The highest BCUT2D eigenvalue weighted by Gasteiger charge is 2.08. The van der Waals surface area contributed by atoms with Crippen LogP contribution in [-0.4, -0.2) is 38.5 Å². The van der Waals surface area contributed by atoms with E-state index in [1.807, 2.05) is 30.3 Å². The van der Waals surface area contributed by atoms with E-state index in [0.717, 1.165) is 24.9 Å². The molecule has 1 N–H and O–H groups in total. The van der Waals surface area contributed by atoms with Gasteiger partial charge >= 0.3 is 6.01 Å². The molecule has 2 rings (SSSR count). The summed E-state index contributed by atoms with van der Waals surface area (Å²) in [6.07, 6.45) is 2.61. The maximum absolute atomic E-state index is 8.67. The fraction of sp³-hybridized carbons (Fsp3) is 0.417. The molecule has 6 heteroatoms. The van der Waals surface area contributed by atoms with Crippen LogP contribution in [0, 0.1) is 0 Å². The smallest absolute Gasteiger partial charge is 0.340 e. The van der Waals surface area contributed by atoms with Crippen molar-refractivity contribution < 1.29 is 9.84 Å². The van der Waals surface area contributed by atoms with Crippen molar-refractivity contribution in [1.29, 1.82) is 0 Å². The summed E-state index contributed by atoms with van der Waals surface area (Å²) in [5.74, 6) is 0. The summed E-state index contributed by atoms with van der Waals surface area (Å²) in [5.41, 5.74) is 0.868. The molecule has 0 unspecified atom stereocenters. The van der Waals surface area contributed by atoms with Crippen molar-refractivity contribution in [1.82, 2.24) is 20.2 Å². The molecule has 1 aromatic carbocycles. The Kier molecular flexibility index (Phi) is 4.66. The largest absolute Gasteiger partial charge is 0.462 e. The lowest BCUT2D eigenvalue weighted by Gasteiger charge is -2.05. The number of rotatable bonds is 7. The molecule has 0 saturated carbocycles. The summed E-state index contributed by atoms with van der Waals surface area (Å²) in [7, 11) is 0. The Morgan fingerprint density at radius 3 is 2.72 bits per heavy atom. The third-order valence-electron chi connectivity index (χ3n) is 2.48. The predicted molar refractivity (Wildman–Crippen MR) is 65.6 cm³/mol. The SMILES string of the molecule is OCCCCCOc1nnnn1-c1ccccc1. The first-order chi connectivity index (χ1) is 8.92. The van der Waals surface area contributed by atoms with Gasteiger partial charge in [0.15, 0.2) is 0 Å². The number of benzene rings is 1. The Morgan fingerprint density at radius 2 is 1.94 bits per heavy atom. The molecule has 18 heavy (non-hydrogen) atoms. The van der Waals surface area contributed by atoms with E-state index in [-0.39, 0.29) is 6.61 Å². The lowest BCUT2D eigenvalue weighted by Crippen LogP contribution is -2.05. The van der Waals surface area contributed by atoms with E-state index < -0.39 is 0 Å². The first-order valence-electron chi connectivity index (χ1n) is 5.99. The maximum atomic E-state index is 8.67. The number of aliphatic hydroxyl groups excluding tert-OH is 1.